The van der Waals surface area contributed by atoms with Gasteiger partial charge in [-0.05, 0) is 0 Å². The van der Waals surface area contributed by atoms with E-state index < -0.39 is 54.6 Å². The molecule has 0 aliphatic carbocycles. The van der Waals surface area contributed by atoms with E-state index in [1.165, 1.54) is 10.9 Å². The molecule has 5 N–H and O–H groups in total. The van der Waals surface area contributed by atoms with Crippen LogP contribution < -0.4 is 20.4 Å². The predicted octanol–water partition coefficient (Wildman–Crippen LogP) is -3.52. The number of nitrogens with two attached hydrogens (primary N) is 1. The molecule has 0 radical (unpaired) electrons. The normalized spacial score (nSPS) is 30.0. The maximum atomic E-state index is 11.6. The first-order valence-corrected chi connectivity index (χ1v) is 12.3. The van der Waals surface area contributed by atoms with Crippen molar-refractivity contribution in [2.24, 2.45) is 0 Å². The van der Waals surface area contributed by atoms with Crippen molar-refractivity contribution in [1.82, 2.24) is 19.5 Å². The lowest BCUT2D eigenvalue weighted by Gasteiger charge is -2.33. The van der Waals surface area contributed by atoms with Gasteiger partial charge in [-0.3, -0.25) is 18.3 Å². The highest BCUT2D eigenvalue weighted by molar-refractivity contribution is 7.65. The van der Waals surface area contributed by atoms with Gasteiger partial charge < -0.3 is 44.8 Å². The number of hydrogen-bond acceptors (Lipinski definition) is 16. The molecule has 0 spiro atoms. The molecule has 1 aliphatic heterocycles. The highest BCUT2D eigenvalue weighted by atomic mass is 31.3. The summed E-state index contributed by atoms with van der Waals surface area (Å²) >= 11 is 0. The second-order valence-corrected chi connectivity index (χ2v) is 10.2. The third kappa shape index (κ3) is 5.71. The molecule has 1 aliphatic rings. The van der Waals surface area contributed by atoms with Crippen LogP contribution in [0.15, 0.2) is 12.7 Å². The van der Waals surface area contributed by atoms with Crippen LogP contribution in [0.5, 0.6) is 0 Å². The van der Waals surface area contributed by atoms with Crippen molar-refractivity contribution in [3.8, 4) is 0 Å². The summed E-state index contributed by atoms with van der Waals surface area (Å²) in [6.07, 6.45) is -3.94. The van der Waals surface area contributed by atoms with Crippen LogP contribution in [-0.4, -0.2) is 59.5 Å². The number of hydrogen-bond donors (Lipinski definition) is 4. The average molecular weight is 504 g/mol. The van der Waals surface area contributed by atoms with Crippen molar-refractivity contribution >= 4 is 40.4 Å². The van der Waals surface area contributed by atoms with Gasteiger partial charge in [-0.1, -0.05) is 0 Å². The number of anilines is 1. The van der Waals surface area contributed by atoms with Gasteiger partial charge in [-0.25, -0.2) is 23.6 Å². The van der Waals surface area contributed by atoms with E-state index >= 15 is 0 Å². The fourth-order valence-corrected chi connectivity index (χ4v) is 5.50. The molecule has 0 aromatic carbocycles. The number of aromatic nitrogens is 4. The molecule has 1 saturated heterocycles. The summed E-state index contributed by atoms with van der Waals surface area (Å²) in [7, 11) is -17.7. The third-order valence-corrected chi connectivity index (χ3v) is 7.49. The molecule has 0 saturated carbocycles. The van der Waals surface area contributed by atoms with Gasteiger partial charge in [0.05, 0.1) is 12.9 Å². The van der Waals surface area contributed by atoms with Crippen molar-refractivity contribution in [2.75, 3.05) is 12.3 Å². The molecule has 2 aromatic heterocycles. The van der Waals surface area contributed by atoms with Crippen LogP contribution in [0.25, 0.3) is 11.2 Å². The van der Waals surface area contributed by atoms with E-state index in [9.17, 15) is 38.6 Å². The van der Waals surface area contributed by atoms with Crippen molar-refractivity contribution < 1.29 is 61.4 Å². The molecule has 0 amide bonds. The summed E-state index contributed by atoms with van der Waals surface area (Å²) in [5.41, 5.74) is 5.94. The van der Waals surface area contributed by atoms with Crippen LogP contribution in [0.3, 0.4) is 0 Å². The van der Waals surface area contributed by atoms with Gasteiger partial charge in [0.25, 0.3) is 23.5 Å². The lowest BCUT2D eigenvalue weighted by molar-refractivity contribution is -0.250. The Bertz CT molecular complexity index is 1100. The summed E-state index contributed by atoms with van der Waals surface area (Å²) in [6.45, 7) is -1.06. The fourth-order valence-electron chi connectivity index (χ4n) is 2.61. The Balaban J connectivity index is 1.69. The maximum absolute atomic E-state index is 11.6. The Labute approximate surface area is 171 Å². The highest BCUT2D eigenvalue weighted by Gasteiger charge is 2.45. The van der Waals surface area contributed by atoms with Gasteiger partial charge in [0, 0.05) is 0 Å². The van der Waals surface area contributed by atoms with Gasteiger partial charge in [-0.15, -0.1) is 0 Å². The van der Waals surface area contributed by atoms with Crippen LogP contribution in [-0.2, 0) is 31.6 Å². The Hall–Kier alpha value is -1.36. The van der Waals surface area contributed by atoms with Crippen LogP contribution in [0.2, 0.25) is 0 Å². The van der Waals surface area contributed by atoms with E-state index in [2.05, 4.69) is 28.1 Å². The lowest BCUT2D eigenvalue weighted by Crippen LogP contribution is -2.34. The third-order valence-electron chi connectivity index (χ3n) is 3.80. The molecule has 1 fully saturated rings. The number of phosphoric acid groups is 3. The van der Waals surface area contributed by atoms with E-state index in [1.54, 1.807) is 0 Å². The number of nitrogen functional groups attached to an aromatic ring is 1. The summed E-state index contributed by atoms with van der Waals surface area (Å²) < 4.78 is 50.6. The molecule has 3 rings (SSSR count). The van der Waals surface area contributed by atoms with E-state index in [0.717, 1.165) is 6.33 Å². The minimum atomic E-state index is -6.08. The van der Waals surface area contributed by atoms with Crippen LogP contribution in [0.1, 0.15) is 6.23 Å². The minimum absolute atomic E-state index is 0.0240. The number of fused-ring (bicyclic) bond motifs is 1. The lowest BCUT2D eigenvalue weighted by atomic mass is 10.1. The number of imidazole rings is 1. The SMILES string of the molecule is Nc1ncnc2c1ncn2[C@@H]1O[C@H](COP(=O)([O-])OP(=O)([O-])OP(=O)([O-])O)[C@H](O)C1O. The van der Waals surface area contributed by atoms with E-state index in [1.807, 2.05) is 0 Å². The topological polar surface area (TPSA) is 288 Å². The summed E-state index contributed by atoms with van der Waals surface area (Å²) in [5.74, 6) is 0.0240. The second kappa shape index (κ2) is 8.53. The monoisotopic (exact) mass is 504 g/mol. The zero-order valence-electron chi connectivity index (χ0n) is 14.8. The molecule has 21 heteroatoms. The first-order chi connectivity index (χ1) is 14.2. The average Bonchev–Trinajstić information content (AvgIpc) is 3.13. The van der Waals surface area contributed by atoms with Crippen molar-refractivity contribution in [3.63, 3.8) is 0 Å². The second-order valence-electron chi connectivity index (χ2n) is 5.95. The number of nitrogens with zero attached hydrogens (tertiary/aromatic N) is 4. The summed E-state index contributed by atoms with van der Waals surface area (Å²) in [4.78, 5) is 53.1. The molecule has 31 heavy (non-hydrogen) atoms. The number of ether oxygens (including phenoxy) is 1. The number of rotatable bonds is 8. The van der Waals surface area contributed by atoms with Crippen molar-refractivity contribution in [2.45, 2.75) is 24.5 Å². The molecule has 7 atom stereocenters. The zero-order chi connectivity index (χ0) is 23.2. The van der Waals surface area contributed by atoms with Crippen LogP contribution in [0, 0.1) is 0 Å². The van der Waals surface area contributed by atoms with Gasteiger partial charge in [-0.2, -0.15) is 0 Å². The van der Waals surface area contributed by atoms with Crippen LogP contribution in [0.4, 0.5) is 5.82 Å². The molecule has 2 aromatic rings. The molecular formula is C10H13N5O13P3-3. The molecule has 3 heterocycles. The molecule has 4 unspecified atom stereocenters. The molecule has 18 nitrogen and oxygen atoms in total. The van der Waals surface area contributed by atoms with Gasteiger partial charge in [0.2, 0.25) is 0 Å². The van der Waals surface area contributed by atoms with E-state index in [0.29, 0.717) is 0 Å². The zero-order valence-corrected chi connectivity index (χ0v) is 17.5. The Morgan fingerprint density at radius 3 is 2.42 bits per heavy atom. The van der Waals surface area contributed by atoms with Gasteiger partial charge in [0.15, 0.2) is 17.7 Å². The number of aliphatic hydroxyl groups excluding tert-OH is 2. The fraction of sp³-hybridized carbons (Fsp3) is 0.500. The first kappa shape index (κ1) is 24.3. The quantitative estimate of drug-likeness (QED) is 0.253. The first-order valence-electron chi connectivity index (χ1n) is 7.87. The number of aliphatic hydroxyl groups is 2. The summed E-state index contributed by atoms with van der Waals surface area (Å²) in [5, 5.41) is 20.3. The molecule has 174 valence electrons. The Morgan fingerprint density at radius 2 is 1.77 bits per heavy atom. The number of phosphoric ester groups is 1. The van der Waals surface area contributed by atoms with Crippen molar-refractivity contribution in [3.05, 3.63) is 12.7 Å². The maximum Gasteiger partial charge on any atom is 0.280 e. The predicted molar refractivity (Wildman–Crippen MR) is 88.8 cm³/mol. The summed E-state index contributed by atoms with van der Waals surface area (Å²) in [6, 6.07) is 0. The minimum Gasteiger partial charge on any atom is -0.756 e. The van der Waals surface area contributed by atoms with Crippen LogP contribution >= 0.6 is 23.5 Å². The van der Waals surface area contributed by atoms with Crippen molar-refractivity contribution in [1.29, 1.82) is 0 Å². The van der Waals surface area contributed by atoms with E-state index in [-0.39, 0.29) is 17.0 Å². The largest absolute Gasteiger partial charge is 0.756 e. The standard InChI is InChI=1S/C10H16N5O13P3/c11-8-5-9(13-2-12-8)15(3-14-5)10-7(17)6(16)4(26-10)1-25-30(21,22)28-31(23,24)27-29(18,19)20/h2-4,6-7,10,16-17H,1H2,(H,21,22)(H,23,24)(H2,11,12,13)(H2,18,19,20)/p-3/t4-,6+,7?,10-/m1/s1. The smallest absolute Gasteiger partial charge is 0.280 e. The van der Waals surface area contributed by atoms with E-state index in [4.69, 9.17) is 15.4 Å². The molecule has 0 bridgehead atoms. The molecular weight excluding hydrogens is 491 g/mol. The van der Waals surface area contributed by atoms with Gasteiger partial charge in [0.1, 0.15) is 30.2 Å². The Morgan fingerprint density at radius 1 is 1.10 bits per heavy atom. The highest BCUT2D eigenvalue weighted by Crippen LogP contribution is 2.61. The van der Waals surface area contributed by atoms with Gasteiger partial charge >= 0.3 is 0 Å². The Kier molecular flexibility index (Phi) is 6.68.